The zero-order valence-electron chi connectivity index (χ0n) is 19.4. The topological polar surface area (TPSA) is 93.7 Å². The molecule has 1 atom stereocenters. The van der Waals surface area contributed by atoms with Gasteiger partial charge in [-0.3, -0.25) is 9.52 Å². The Labute approximate surface area is 204 Å². The molecule has 0 radical (unpaired) electrons. The molecule has 2 N–H and O–H groups in total. The second-order valence-electron chi connectivity index (χ2n) is 7.84. The van der Waals surface area contributed by atoms with Crippen molar-refractivity contribution in [1.82, 2.24) is 0 Å². The highest BCUT2D eigenvalue weighted by Crippen LogP contribution is 2.27. The molecule has 0 aliphatic rings. The van der Waals surface area contributed by atoms with Crippen LogP contribution < -0.4 is 19.5 Å². The minimum Gasteiger partial charge on any atom is -0.497 e. The first-order valence-corrected chi connectivity index (χ1v) is 12.6. The molecule has 0 unspecified atom stereocenters. The Kier molecular flexibility index (Phi) is 7.22. The van der Waals surface area contributed by atoms with Crippen LogP contribution in [0.15, 0.2) is 95.9 Å². The molecule has 0 saturated heterocycles. The van der Waals surface area contributed by atoms with Gasteiger partial charge in [0.1, 0.15) is 11.5 Å². The Balaban J connectivity index is 1.43. The van der Waals surface area contributed by atoms with Gasteiger partial charge in [-0.1, -0.05) is 43.3 Å². The fourth-order valence-corrected chi connectivity index (χ4v) is 4.65. The molecule has 7 nitrogen and oxygen atoms in total. The van der Waals surface area contributed by atoms with Crippen LogP contribution in [0.2, 0.25) is 0 Å². The quantitative estimate of drug-likeness (QED) is 0.326. The normalized spacial score (nSPS) is 12.1. The zero-order chi connectivity index (χ0) is 24.8. The van der Waals surface area contributed by atoms with Crippen molar-refractivity contribution in [3.05, 3.63) is 91.0 Å². The van der Waals surface area contributed by atoms with Crippen molar-refractivity contribution in [3.63, 3.8) is 0 Å². The summed E-state index contributed by atoms with van der Waals surface area (Å²) in [6, 6.07) is 26.1. The summed E-state index contributed by atoms with van der Waals surface area (Å²) >= 11 is 0. The van der Waals surface area contributed by atoms with Crippen LogP contribution >= 0.6 is 0 Å². The van der Waals surface area contributed by atoms with E-state index in [1.165, 1.54) is 19.2 Å². The molecule has 35 heavy (non-hydrogen) atoms. The van der Waals surface area contributed by atoms with Gasteiger partial charge < -0.3 is 14.8 Å². The Morgan fingerprint density at radius 3 is 2.20 bits per heavy atom. The van der Waals surface area contributed by atoms with Crippen LogP contribution in [-0.4, -0.2) is 27.5 Å². The summed E-state index contributed by atoms with van der Waals surface area (Å²) in [5, 5.41) is 4.77. The minimum atomic E-state index is -3.79. The van der Waals surface area contributed by atoms with Gasteiger partial charge in [0, 0.05) is 16.8 Å². The van der Waals surface area contributed by atoms with Crippen LogP contribution in [0.3, 0.4) is 0 Å². The van der Waals surface area contributed by atoms with Gasteiger partial charge in [-0.15, -0.1) is 0 Å². The third-order valence-electron chi connectivity index (χ3n) is 5.46. The van der Waals surface area contributed by atoms with Crippen LogP contribution in [0.25, 0.3) is 10.8 Å². The van der Waals surface area contributed by atoms with Crippen molar-refractivity contribution in [3.8, 4) is 11.5 Å². The summed E-state index contributed by atoms with van der Waals surface area (Å²) in [7, 11) is -2.25. The van der Waals surface area contributed by atoms with Gasteiger partial charge in [-0.25, -0.2) is 8.42 Å². The first kappa shape index (κ1) is 24.1. The zero-order valence-corrected chi connectivity index (χ0v) is 20.2. The average molecular weight is 491 g/mol. The minimum absolute atomic E-state index is 0.0744. The van der Waals surface area contributed by atoms with Crippen molar-refractivity contribution in [1.29, 1.82) is 0 Å². The van der Waals surface area contributed by atoms with Gasteiger partial charge in [0.15, 0.2) is 6.10 Å². The van der Waals surface area contributed by atoms with E-state index in [2.05, 4.69) is 10.0 Å². The maximum Gasteiger partial charge on any atom is 0.265 e. The number of methoxy groups -OCH3 is 1. The van der Waals surface area contributed by atoms with E-state index < -0.39 is 16.1 Å². The van der Waals surface area contributed by atoms with Gasteiger partial charge in [0.25, 0.3) is 15.9 Å². The summed E-state index contributed by atoms with van der Waals surface area (Å²) in [5.74, 6) is 0.950. The van der Waals surface area contributed by atoms with E-state index in [1.54, 1.807) is 36.4 Å². The third kappa shape index (κ3) is 5.73. The lowest BCUT2D eigenvalue weighted by Gasteiger charge is -2.18. The highest BCUT2D eigenvalue weighted by Gasteiger charge is 2.20. The lowest BCUT2D eigenvalue weighted by Crippen LogP contribution is -2.32. The Bertz CT molecular complexity index is 1410. The van der Waals surface area contributed by atoms with Gasteiger partial charge in [0.05, 0.1) is 12.0 Å². The van der Waals surface area contributed by atoms with Crippen LogP contribution in [-0.2, 0) is 14.8 Å². The van der Waals surface area contributed by atoms with E-state index in [0.29, 0.717) is 29.3 Å². The molecule has 0 aliphatic heterocycles. The molecule has 0 fully saturated rings. The number of ether oxygens (including phenoxy) is 2. The number of amides is 1. The third-order valence-corrected chi connectivity index (χ3v) is 6.85. The molecule has 0 aliphatic carbocycles. The van der Waals surface area contributed by atoms with E-state index in [1.807, 2.05) is 49.4 Å². The Morgan fingerprint density at radius 2 is 1.51 bits per heavy atom. The number of rotatable bonds is 9. The van der Waals surface area contributed by atoms with Crippen LogP contribution in [0, 0.1) is 0 Å². The maximum absolute atomic E-state index is 12.9. The SMILES string of the molecule is CC[C@@H](Oc1cccc2ccccc12)C(=O)Nc1ccc(S(=O)(=O)Nc2ccc(OC)cc2)cc1. The van der Waals surface area contributed by atoms with E-state index in [-0.39, 0.29) is 10.8 Å². The molecule has 8 heteroatoms. The Hall–Kier alpha value is -4.04. The molecule has 0 bridgehead atoms. The largest absolute Gasteiger partial charge is 0.497 e. The van der Waals surface area contributed by atoms with Crippen molar-refractivity contribution < 1.29 is 22.7 Å². The smallest absolute Gasteiger partial charge is 0.265 e. The second kappa shape index (κ2) is 10.5. The molecule has 0 aromatic heterocycles. The number of anilines is 2. The predicted octanol–water partition coefficient (Wildman–Crippen LogP) is 5.45. The van der Waals surface area contributed by atoms with Gasteiger partial charge in [-0.2, -0.15) is 0 Å². The molecule has 0 saturated carbocycles. The standard InChI is InChI=1S/C27H26N2O5S/c1-3-25(34-26-10-6-8-19-7-4-5-9-24(19)26)27(30)28-20-13-17-23(18-14-20)35(31,32)29-21-11-15-22(33-2)16-12-21/h4-18,25,29H,3H2,1-2H3,(H,28,30)/t25-/m1/s1. The van der Waals surface area contributed by atoms with Gasteiger partial charge in [0.2, 0.25) is 0 Å². The molecule has 180 valence electrons. The van der Waals surface area contributed by atoms with Crippen molar-refractivity contribution >= 4 is 38.1 Å². The number of hydrogen-bond donors (Lipinski definition) is 2. The number of benzene rings is 4. The van der Waals surface area contributed by atoms with Crippen molar-refractivity contribution in [2.45, 2.75) is 24.3 Å². The molecule has 1 amide bonds. The molecule has 0 spiro atoms. The molecule has 4 aromatic carbocycles. The summed E-state index contributed by atoms with van der Waals surface area (Å²) in [4.78, 5) is 13.0. The lowest BCUT2D eigenvalue weighted by molar-refractivity contribution is -0.122. The lowest BCUT2D eigenvalue weighted by atomic mass is 10.1. The molecule has 4 aromatic rings. The number of sulfonamides is 1. The van der Waals surface area contributed by atoms with Gasteiger partial charge >= 0.3 is 0 Å². The van der Waals surface area contributed by atoms with Crippen molar-refractivity contribution in [2.24, 2.45) is 0 Å². The molecular weight excluding hydrogens is 464 g/mol. The van der Waals surface area contributed by atoms with Gasteiger partial charge in [-0.05, 0) is 66.4 Å². The number of hydrogen-bond acceptors (Lipinski definition) is 5. The highest BCUT2D eigenvalue weighted by molar-refractivity contribution is 7.92. The number of carbonyl (C=O) groups is 1. The fourth-order valence-electron chi connectivity index (χ4n) is 3.59. The highest BCUT2D eigenvalue weighted by atomic mass is 32.2. The summed E-state index contributed by atoms with van der Waals surface area (Å²) in [6.45, 7) is 1.87. The van der Waals surface area contributed by atoms with E-state index in [4.69, 9.17) is 9.47 Å². The summed E-state index contributed by atoms with van der Waals surface area (Å²) < 4.78 is 39.1. The van der Waals surface area contributed by atoms with Crippen molar-refractivity contribution in [2.75, 3.05) is 17.1 Å². The summed E-state index contributed by atoms with van der Waals surface area (Å²) in [6.07, 6.45) is -0.242. The van der Waals surface area contributed by atoms with E-state index in [9.17, 15) is 13.2 Å². The molecule has 4 rings (SSSR count). The maximum atomic E-state index is 12.9. The molecule has 0 heterocycles. The van der Waals surface area contributed by atoms with E-state index >= 15 is 0 Å². The summed E-state index contributed by atoms with van der Waals surface area (Å²) in [5.41, 5.74) is 0.887. The van der Waals surface area contributed by atoms with Crippen LogP contribution in [0.4, 0.5) is 11.4 Å². The second-order valence-corrected chi connectivity index (χ2v) is 9.52. The van der Waals surface area contributed by atoms with Crippen LogP contribution in [0.1, 0.15) is 13.3 Å². The monoisotopic (exact) mass is 490 g/mol. The number of nitrogens with one attached hydrogen (secondary N) is 2. The number of fused-ring (bicyclic) bond motifs is 1. The molecular formula is C27H26N2O5S. The van der Waals surface area contributed by atoms with E-state index in [0.717, 1.165) is 10.8 Å². The Morgan fingerprint density at radius 1 is 0.857 bits per heavy atom. The number of carbonyl (C=O) groups excluding carboxylic acids is 1. The average Bonchev–Trinajstić information content (AvgIpc) is 2.88. The first-order valence-electron chi connectivity index (χ1n) is 11.1. The predicted molar refractivity (Wildman–Crippen MR) is 138 cm³/mol. The first-order chi connectivity index (χ1) is 16.9. The fraction of sp³-hybridized carbons (Fsp3) is 0.148. The van der Waals surface area contributed by atoms with Crippen LogP contribution in [0.5, 0.6) is 11.5 Å².